The summed E-state index contributed by atoms with van der Waals surface area (Å²) in [5, 5.41) is 3.91. The number of nitrogens with one attached hydrogen (secondary N) is 1. The van der Waals surface area contributed by atoms with Crippen molar-refractivity contribution >= 4 is 50.7 Å². The van der Waals surface area contributed by atoms with Crippen LogP contribution in [0.4, 0.5) is 5.69 Å². The summed E-state index contributed by atoms with van der Waals surface area (Å²) in [5.74, 6) is -0.213. The maximum atomic E-state index is 12.0. The van der Waals surface area contributed by atoms with E-state index in [1.54, 1.807) is 42.5 Å². The zero-order valence-electron chi connectivity index (χ0n) is 9.08. The molecule has 18 heavy (non-hydrogen) atoms. The van der Waals surface area contributed by atoms with Gasteiger partial charge in [0.05, 0.1) is 15.2 Å². The van der Waals surface area contributed by atoms with Crippen molar-refractivity contribution in [3.63, 3.8) is 0 Å². The molecule has 2 rings (SSSR count). The molecule has 0 saturated heterocycles. The van der Waals surface area contributed by atoms with Gasteiger partial charge in [0.2, 0.25) is 0 Å². The summed E-state index contributed by atoms with van der Waals surface area (Å²) in [6.07, 6.45) is 0. The Balaban J connectivity index is 2.21. The lowest BCUT2D eigenvalue weighted by molar-refractivity contribution is 0.102. The number of halogens is 3. The Morgan fingerprint density at radius 3 is 2.39 bits per heavy atom. The summed E-state index contributed by atoms with van der Waals surface area (Å²) < 4.78 is 0.661. The van der Waals surface area contributed by atoms with Gasteiger partial charge in [-0.05, 0) is 52.3 Å². The summed E-state index contributed by atoms with van der Waals surface area (Å²) in [6, 6.07) is 11.9. The first-order valence-corrected chi connectivity index (χ1v) is 6.64. The molecule has 0 radical (unpaired) electrons. The molecule has 92 valence electrons. The average Bonchev–Trinajstić information content (AvgIpc) is 2.36. The molecule has 0 saturated carbocycles. The molecular weight excluding hydrogens is 337 g/mol. The molecule has 0 unspecified atom stereocenters. The lowest BCUT2D eigenvalue weighted by Crippen LogP contribution is -2.12. The fourth-order valence-electron chi connectivity index (χ4n) is 1.40. The second-order valence-corrected chi connectivity index (χ2v) is 5.20. The van der Waals surface area contributed by atoms with Gasteiger partial charge < -0.3 is 5.32 Å². The van der Waals surface area contributed by atoms with Crippen molar-refractivity contribution in [1.82, 2.24) is 0 Å². The van der Waals surface area contributed by atoms with Gasteiger partial charge in [0.15, 0.2) is 0 Å². The van der Waals surface area contributed by atoms with Gasteiger partial charge >= 0.3 is 0 Å². The van der Waals surface area contributed by atoms with Crippen molar-refractivity contribution in [1.29, 1.82) is 0 Å². The summed E-state index contributed by atoms with van der Waals surface area (Å²) in [6.45, 7) is 0. The number of hydrogen-bond acceptors (Lipinski definition) is 1. The van der Waals surface area contributed by atoms with Crippen molar-refractivity contribution in [2.75, 3.05) is 5.32 Å². The Morgan fingerprint density at radius 2 is 1.72 bits per heavy atom. The average molecular weight is 345 g/mol. The molecule has 0 spiro atoms. The van der Waals surface area contributed by atoms with E-state index in [0.717, 1.165) is 0 Å². The SMILES string of the molecule is O=C(Nc1cccc(Cl)c1Br)c1ccc(Cl)cc1. The largest absolute Gasteiger partial charge is 0.321 e. The molecule has 5 heteroatoms. The van der Waals surface area contributed by atoms with Gasteiger partial charge in [0.1, 0.15) is 0 Å². The Kier molecular flexibility index (Phi) is 4.27. The molecule has 2 aromatic carbocycles. The van der Waals surface area contributed by atoms with Crippen LogP contribution in [0.5, 0.6) is 0 Å². The molecule has 0 heterocycles. The predicted octanol–water partition coefficient (Wildman–Crippen LogP) is 5.01. The Labute approximate surface area is 123 Å². The molecule has 0 aliphatic heterocycles. The molecule has 1 amide bonds. The van der Waals surface area contributed by atoms with Crippen LogP contribution in [0.2, 0.25) is 10.0 Å². The van der Waals surface area contributed by atoms with Crippen LogP contribution in [0.3, 0.4) is 0 Å². The first-order valence-electron chi connectivity index (χ1n) is 5.09. The van der Waals surface area contributed by atoms with Crippen LogP contribution in [-0.2, 0) is 0 Å². The third kappa shape index (κ3) is 3.05. The van der Waals surface area contributed by atoms with Crippen molar-refractivity contribution < 1.29 is 4.79 Å². The maximum absolute atomic E-state index is 12.0. The Bertz CT molecular complexity index is 584. The topological polar surface area (TPSA) is 29.1 Å². The highest BCUT2D eigenvalue weighted by atomic mass is 79.9. The summed E-state index contributed by atoms with van der Waals surface area (Å²) in [5.41, 5.74) is 1.16. The molecule has 0 aliphatic carbocycles. The van der Waals surface area contributed by atoms with Crippen LogP contribution in [0.15, 0.2) is 46.9 Å². The number of amides is 1. The Morgan fingerprint density at radius 1 is 1.06 bits per heavy atom. The van der Waals surface area contributed by atoms with Crippen molar-refractivity contribution in [2.24, 2.45) is 0 Å². The number of carbonyl (C=O) groups excluding carboxylic acids is 1. The number of benzene rings is 2. The molecule has 0 aliphatic rings. The van der Waals surface area contributed by atoms with Gasteiger partial charge in [-0.15, -0.1) is 0 Å². The lowest BCUT2D eigenvalue weighted by Gasteiger charge is -2.08. The van der Waals surface area contributed by atoms with Gasteiger partial charge in [-0.1, -0.05) is 29.3 Å². The van der Waals surface area contributed by atoms with Gasteiger partial charge in [-0.2, -0.15) is 0 Å². The third-order valence-corrected chi connectivity index (χ3v) is 3.96. The summed E-state index contributed by atoms with van der Waals surface area (Å²) >= 11 is 15.0. The lowest BCUT2D eigenvalue weighted by atomic mass is 10.2. The number of hydrogen-bond donors (Lipinski definition) is 1. The summed E-state index contributed by atoms with van der Waals surface area (Å²) in [7, 11) is 0. The maximum Gasteiger partial charge on any atom is 0.255 e. The molecular formula is C13H8BrCl2NO. The monoisotopic (exact) mass is 343 g/mol. The molecule has 1 N–H and O–H groups in total. The summed E-state index contributed by atoms with van der Waals surface area (Å²) in [4.78, 5) is 12.0. The van der Waals surface area contributed by atoms with E-state index < -0.39 is 0 Å². The fraction of sp³-hybridized carbons (Fsp3) is 0. The van der Waals surface area contributed by atoms with E-state index in [1.807, 2.05) is 0 Å². The minimum Gasteiger partial charge on any atom is -0.321 e. The zero-order valence-corrected chi connectivity index (χ0v) is 12.2. The Hall–Kier alpha value is -1.03. The molecule has 0 atom stereocenters. The normalized spacial score (nSPS) is 10.2. The molecule has 2 nitrogen and oxygen atoms in total. The van der Waals surface area contributed by atoms with Crippen LogP contribution in [0, 0.1) is 0 Å². The molecule has 0 bridgehead atoms. The van der Waals surface area contributed by atoms with Gasteiger partial charge in [-0.3, -0.25) is 4.79 Å². The van der Waals surface area contributed by atoms with Crippen molar-refractivity contribution in [2.45, 2.75) is 0 Å². The molecule has 0 aromatic heterocycles. The molecule has 0 fully saturated rings. The van der Waals surface area contributed by atoms with Crippen LogP contribution in [0.25, 0.3) is 0 Å². The standard InChI is InChI=1S/C13H8BrCl2NO/c14-12-10(16)2-1-3-11(12)17-13(18)8-4-6-9(15)7-5-8/h1-7H,(H,17,18). The highest BCUT2D eigenvalue weighted by molar-refractivity contribution is 9.10. The second kappa shape index (κ2) is 5.74. The highest BCUT2D eigenvalue weighted by Gasteiger charge is 2.09. The number of rotatable bonds is 2. The van der Waals surface area contributed by atoms with Gasteiger partial charge in [0.25, 0.3) is 5.91 Å². The first kappa shape index (κ1) is 13.4. The van der Waals surface area contributed by atoms with E-state index in [9.17, 15) is 4.79 Å². The van der Waals surface area contributed by atoms with Crippen LogP contribution in [-0.4, -0.2) is 5.91 Å². The first-order chi connectivity index (χ1) is 8.58. The van der Waals surface area contributed by atoms with Crippen LogP contribution >= 0.6 is 39.1 Å². The van der Waals surface area contributed by atoms with Crippen LogP contribution < -0.4 is 5.32 Å². The molecule has 2 aromatic rings. The predicted molar refractivity (Wildman–Crippen MR) is 78.6 cm³/mol. The number of anilines is 1. The minimum absolute atomic E-state index is 0.213. The van der Waals surface area contributed by atoms with E-state index in [2.05, 4.69) is 21.2 Å². The smallest absolute Gasteiger partial charge is 0.255 e. The van der Waals surface area contributed by atoms with E-state index in [4.69, 9.17) is 23.2 Å². The quantitative estimate of drug-likeness (QED) is 0.815. The van der Waals surface area contributed by atoms with E-state index in [-0.39, 0.29) is 5.91 Å². The fourth-order valence-corrected chi connectivity index (χ4v) is 2.06. The van der Waals surface area contributed by atoms with Crippen molar-refractivity contribution in [3.8, 4) is 0 Å². The van der Waals surface area contributed by atoms with Gasteiger partial charge in [0, 0.05) is 10.6 Å². The van der Waals surface area contributed by atoms with Crippen molar-refractivity contribution in [3.05, 3.63) is 62.5 Å². The highest BCUT2D eigenvalue weighted by Crippen LogP contribution is 2.30. The van der Waals surface area contributed by atoms with Gasteiger partial charge in [-0.25, -0.2) is 0 Å². The minimum atomic E-state index is -0.213. The van der Waals surface area contributed by atoms with Crippen LogP contribution in [0.1, 0.15) is 10.4 Å². The second-order valence-electron chi connectivity index (χ2n) is 3.56. The van der Waals surface area contributed by atoms with E-state index >= 15 is 0 Å². The third-order valence-electron chi connectivity index (χ3n) is 2.31. The van der Waals surface area contributed by atoms with E-state index in [0.29, 0.717) is 25.8 Å². The number of carbonyl (C=O) groups is 1. The van der Waals surface area contributed by atoms with E-state index in [1.165, 1.54) is 0 Å². The zero-order chi connectivity index (χ0) is 13.1.